The number of hydrogen-bond acceptors (Lipinski definition) is 2. The van der Waals surface area contributed by atoms with E-state index >= 15 is 0 Å². The van der Waals surface area contributed by atoms with Gasteiger partial charge in [0, 0.05) is 12.5 Å². The summed E-state index contributed by atoms with van der Waals surface area (Å²) in [6, 6.07) is 10.7. The molecule has 0 aliphatic rings. The zero-order chi connectivity index (χ0) is 12.8. The Morgan fingerprint density at radius 1 is 1.22 bits per heavy atom. The average molecular weight is 247 g/mol. The van der Waals surface area contributed by atoms with Crippen LogP contribution in [0.4, 0.5) is 4.39 Å². The first-order chi connectivity index (χ1) is 8.79. The molecule has 1 atom stereocenters. The van der Waals surface area contributed by atoms with Crippen molar-refractivity contribution in [2.45, 2.75) is 25.8 Å². The van der Waals surface area contributed by atoms with Gasteiger partial charge in [0.2, 0.25) is 0 Å². The molecule has 0 amide bonds. The van der Waals surface area contributed by atoms with Crippen LogP contribution in [-0.2, 0) is 6.42 Å². The molecule has 0 aliphatic carbocycles. The van der Waals surface area contributed by atoms with Crippen molar-refractivity contribution in [3.63, 3.8) is 0 Å². The molecule has 0 bridgehead atoms. The third-order valence-corrected chi connectivity index (χ3v) is 2.90. The first-order valence-electron chi connectivity index (χ1n) is 6.31. The molecule has 0 saturated carbocycles. The van der Waals surface area contributed by atoms with Gasteiger partial charge in [-0.15, -0.1) is 0 Å². The Labute approximate surface area is 107 Å². The predicted molar refractivity (Wildman–Crippen MR) is 69.8 cm³/mol. The summed E-state index contributed by atoms with van der Waals surface area (Å²) in [5.74, 6) is 0.735. The maximum atomic E-state index is 12.9. The van der Waals surface area contributed by atoms with Crippen LogP contribution in [0.25, 0.3) is 0 Å². The lowest BCUT2D eigenvalue weighted by atomic mass is 10.0. The third-order valence-electron chi connectivity index (χ3n) is 2.90. The summed E-state index contributed by atoms with van der Waals surface area (Å²) in [4.78, 5) is 0. The molecule has 0 fully saturated rings. The number of benzene rings is 1. The molecule has 18 heavy (non-hydrogen) atoms. The first-order valence-corrected chi connectivity index (χ1v) is 6.31. The fraction of sp³-hybridized carbons (Fsp3) is 0.333. The Kier molecular flexibility index (Phi) is 4.53. The molecule has 0 radical (unpaired) electrons. The quantitative estimate of drug-likeness (QED) is 0.842. The minimum absolute atomic E-state index is 0.164. The van der Waals surface area contributed by atoms with Crippen LogP contribution in [0.5, 0.6) is 0 Å². The minimum atomic E-state index is -0.203. The van der Waals surface area contributed by atoms with Gasteiger partial charge >= 0.3 is 0 Å². The molecule has 2 rings (SSSR count). The van der Waals surface area contributed by atoms with Gasteiger partial charge in [0.25, 0.3) is 0 Å². The van der Waals surface area contributed by atoms with Gasteiger partial charge in [0.05, 0.1) is 6.26 Å². The summed E-state index contributed by atoms with van der Waals surface area (Å²) in [6.45, 7) is 3.06. The van der Waals surface area contributed by atoms with Crippen LogP contribution in [0.1, 0.15) is 30.7 Å². The summed E-state index contributed by atoms with van der Waals surface area (Å²) in [6.07, 6.45) is 3.52. The van der Waals surface area contributed by atoms with Gasteiger partial charge in [-0.1, -0.05) is 19.1 Å². The predicted octanol–water partition coefficient (Wildman–Crippen LogP) is 3.70. The highest BCUT2D eigenvalue weighted by molar-refractivity contribution is 5.21. The molecule has 0 aliphatic heterocycles. The van der Waals surface area contributed by atoms with Gasteiger partial charge in [-0.05, 0) is 42.8 Å². The van der Waals surface area contributed by atoms with Crippen LogP contribution in [0.15, 0.2) is 47.1 Å². The Morgan fingerprint density at radius 3 is 2.61 bits per heavy atom. The molecule has 3 heteroatoms. The summed E-state index contributed by atoms with van der Waals surface area (Å²) in [5, 5.41) is 3.46. The lowest BCUT2D eigenvalue weighted by Gasteiger charge is -2.18. The van der Waals surface area contributed by atoms with Crippen molar-refractivity contribution in [3.05, 3.63) is 59.8 Å². The molecule has 1 aromatic carbocycles. The highest BCUT2D eigenvalue weighted by Crippen LogP contribution is 2.19. The van der Waals surface area contributed by atoms with E-state index in [0.29, 0.717) is 0 Å². The zero-order valence-corrected chi connectivity index (χ0v) is 10.5. The molecule has 96 valence electrons. The summed E-state index contributed by atoms with van der Waals surface area (Å²) >= 11 is 0. The van der Waals surface area contributed by atoms with Crippen molar-refractivity contribution in [3.8, 4) is 0 Å². The maximum absolute atomic E-state index is 12.9. The second-order valence-electron chi connectivity index (χ2n) is 4.34. The molecule has 1 unspecified atom stereocenters. The van der Waals surface area contributed by atoms with E-state index in [0.717, 1.165) is 30.7 Å². The van der Waals surface area contributed by atoms with Crippen LogP contribution in [0.2, 0.25) is 0 Å². The Balaban J connectivity index is 2.11. The Hall–Kier alpha value is -1.61. The van der Waals surface area contributed by atoms with Crippen molar-refractivity contribution in [1.82, 2.24) is 5.32 Å². The number of rotatable bonds is 6. The first kappa shape index (κ1) is 12.8. The van der Waals surface area contributed by atoms with Gasteiger partial charge in [-0.25, -0.2) is 4.39 Å². The molecule has 1 heterocycles. The molecular formula is C15H18FNO. The topological polar surface area (TPSA) is 25.2 Å². The summed E-state index contributed by atoms with van der Waals surface area (Å²) in [7, 11) is 0. The molecule has 1 aromatic heterocycles. The SMILES string of the molecule is CCCNC(Cc1ccco1)c1ccc(F)cc1. The lowest BCUT2D eigenvalue weighted by Crippen LogP contribution is -2.23. The van der Waals surface area contributed by atoms with Crippen LogP contribution in [-0.4, -0.2) is 6.54 Å². The highest BCUT2D eigenvalue weighted by atomic mass is 19.1. The van der Waals surface area contributed by atoms with E-state index in [9.17, 15) is 4.39 Å². The van der Waals surface area contributed by atoms with Gasteiger partial charge in [0.1, 0.15) is 11.6 Å². The Bertz CT molecular complexity index is 450. The largest absolute Gasteiger partial charge is 0.469 e. The molecule has 2 nitrogen and oxygen atoms in total. The molecule has 1 N–H and O–H groups in total. The fourth-order valence-corrected chi connectivity index (χ4v) is 1.95. The summed E-state index contributed by atoms with van der Waals surface area (Å²) < 4.78 is 18.3. The van der Waals surface area contributed by atoms with E-state index in [1.54, 1.807) is 6.26 Å². The number of halogens is 1. The van der Waals surface area contributed by atoms with E-state index in [2.05, 4.69) is 12.2 Å². The third kappa shape index (κ3) is 3.44. The zero-order valence-electron chi connectivity index (χ0n) is 10.5. The number of nitrogens with one attached hydrogen (secondary N) is 1. The molecule has 2 aromatic rings. The maximum Gasteiger partial charge on any atom is 0.123 e. The molecular weight excluding hydrogens is 229 g/mol. The normalized spacial score (nSPS) is 12.6. The van der Waals surface area contributed by atoms with Crippen LogP contribution < -0.4 is 5.32 Å². The molecule has 0 saturated heterocycles. The standard InChI is InChI=1S/C15H18FNO/c1-2-9-17-15(11-14-4-3-10-18-14)12-5-7-13(16)8-6-12/h3-8,10,15,17H,2,9,11H2,1H3. The highest BCUT2D eigenvalue weighted by Gasteiger charge is 2.13. The summed E-state index contributed by atoms with van der Waals surface area (Å²) in [5.41, 5.74) is 1.08. The Morgan fingerprint density at radius 2 is 2.00 bits per heavy atom. The van der Waals surface area contributed by atoms with Crippen molar-refractivity contribution < 1.29 is 8.81 Å². The van der Waals surface area contributed by atoms with Crippen LogP contribution in [0.3, 0.4) is 0 Å². The van der Waals surface area contributed by atoms with E-state index in [-0.39, 0.29) is 11.9 Å². The van der Waals surface area contributed by atoms with Gasteiger partial charge < -0.3 is 9.73 Å². The van der Waals surface area contributed by atoms with Crippen molar-refractivity contribution in [1.29, 1.82) is 0 Å². The van der Waals surface area contributed by atoms with Crippen molar-refractivity contribution >= 4 is 0 Å². The van der Waals surface area contributed by atoms with Crippen LogP contribution in [0, 0.1) is 5.82 Å². The lowest BCUT2D eigenvalue weighted by molar-refractivity contribution is 0.449. The second-order valence-corrected chi connectivity index (χ2v) is 4.34. The van der Waals surface area contributed by atoms with Crippen LogP contribution >= 0.6 is 0 Å². The minimum Gasteiger partial charge on any atom is -0.469 e. The van der Waals surface area contributed by atoms with E-state index in [4.69, 9.17) is 4.42 Å². The monoisotopic (exact) mass is 247 g/mol. The number of hydrogen-bond donors (Lipinski definition) is 1. The van der Waals surface area contributed by atoms with E-state index in [1.165, 1.54) is 12.1 Å². The smallest absolute Gasteiger partial charge is 0.123 e. The van der Waals surface area contributed by atoms with Gasteiger partial charge in [-0.2, -0.15) is 0 Å². The van der Waals surface area contributed by atoms with Gasteiger partial charge in [0.15, 0.2) is 0 Å². The second kappa shape index (κ2) is 6.36. The fourth-order valence-electron chi connectivity index (χ4n) is 1.95. The average Bonchev–Trinajstić information content (AvgIpc) is 2.88. The van der Waals surface area contributed by atoms with E-state index < -0.39 is 0 Å². The number of furan rings is 1. The van der Waals surface area contributed by atoms with Crippen molar-refractivity contribution in [2.75, 3.05) is 6.54 Å². The van der Waals surface area contributed by atoms with E-state index in [1.807, 2.05) is 24.3 Å². The van der Waals surface area contributed by atoms with Crippen molar-refractivity contribution in [2.24, 2.45) is 0 Å². The van der Waals surface area contributed by atoms with Gasteiger partial charge in [-0.3, -0.25) is 0 Å². The molecule has 0 spiro atoms.